The summed E-state index contributed by atoms with van der Waals surface area (Å²) >= 11 is 0. The maximum absolute atomic E-state index is 11.9. The minimum Gasteiger partial charge on any atom is -0.352 e. The first-order valence-corrected chi connectivity index (χ1v) is 12.2. The first kappa shape index (κ1) is 26.6. The highest BCUT2D eigenvalue weighted by Crippen LogP contribution is 2.25. The molecule has 0 bridgehead atoms. The molecule has 9 heteroatoms. The Morgan fingerprint density at radius 1 is 1.03 bits per heavy atom. The summed E-state index contributed by atoms with van der Waals surface area (Å²) in [6.07, 6.45) is 1.09. The number of guanidine groups is 1. The van der Waals surface area contributed by atoms with Crippen molar-refractivity contribution in [3.8, 4) is 0 Å². The first-order valence-electron chi connectivity index (χ1n) is 10.8. The lowest BCUT2D eigenvalue weighted by Gasteiger charge is -2.40. The standard InChI is InChI=1S/C23H33N5O2S.HI/c1-4-22(20-8-6-5-7-9-20)27-14-16-28(17-15-27)23(24-2)26-18-19-10-12-21(13-11-19)31(29,30)25-3;/h5-13,22,25H,4,14-18H2,1-3H3,(H,24,26);1H. The van der Waals surface area contributed by atoms with Crippen molar-refractivity contribution < 1.29 is 8.42 Å². The van der Waals surface area contributed by atoms with E-state index in [9.17, 15) is 8.42 Å². The number of benzene rings is 2. The lowest BCUT2D eigenvalue weighted by Crippen LogP contribution is -2.52. The zero-order valence-corrected chi connectivity index (χ0v) is 22.1. The van der Waals surface area contributed by atoms with Gasteiger partial charge in [0.05, 0.1) is 4.90 Å². The summed E-state index contributed by atoms with van der Waals surface area (Å²) in [6.45, 7) is 6.66. The summed E-state index contributed by atoms with van der Waals surface area (Å²) in [5, 5.41) is 3.41. The van der Waals surface area contributed by atoms with Gasteiger partial charge in [0.25, 0.3) is 0 Å². The number of nitrogens with zero attached hydrogens (tertiary/aromatic N) is 3. The lowest BCUT2D eigenvalue weighted by molar-refractivity contribution is 0.127. The second-order valence-electron chi connectivity index (χ2n) is 7.61. The highest BCUT2D eigenvalue weighted by atomic mass is 127. The minimum atomic E-state index is -3.41. The Bertz CT molecular complexity index is 960. The molecule has 0 spiro atoms. The van der Waals surface area contributed by atoms with E-state index in [2.05, 4.69) is 62.1 Å². The molecular weight excluding hydrogens is 537 g/mol. The molecular formula is C23H34IN5O2S. The smallest absolute Gasteiger partial charge is 0.240 e. The van der Waals surface area contributed by atoms with Crippen LogP contribution in [0.3, 0.4) is 0 Å². The normalized spacial score (nSPS) is 16.3. The van der Waals surface area contributed by atoms with Gasteiger partial charge in [-0.1, -0.05) is 49.4 Å². The van der Waals surface area contributed by atoms with Gasteiger partial charge in [0.2, 0.25) is 10.0 Å². The Labute approximate surface area is 209 Å². The minimum absolute atomic E-state index is 0. The number of nitrogens with one attached hydrogen (secondary N) is 2. The molecule has 2 N–H and O–H groups in total. The van der Waals surface area contributed by atoms with Gasteiger partial charge in [-0.05, 0) is 36.7 Å². The summed E-state index contributed by atoms with van der Waals surface area (Å²) < 4.78 is 26.1. The van der Waals surface area contributed by atoms with E-state index in [-0.39, 0.29) is 28.9 Å². The Morgan fingerprint density at radius 3 is 2.19 bits per heavy atom. The van der Waals surface area contributed by atoms with Crippen LogP contribution in [-0.2, 0) is 16.6 Å². The fourth-order valence-corrected chi connectivity index (χ4v) is 4.77. The quantitative estimate of drug-likeness (QED) is 0.304. The number of rotatable bonds is 7. The van der Waals surface area contributed by atoms with E-state index in [1.54, 1.807) is 19.2 Å². The highest BCUT2D eigenvalue weighted by Gasteiger charge is 2.25. The van der Waals surface area contributed by atoms with Crippen LogP contribution in [0.25, 0.3) is 0 Å². The average molecular weight is 572 g/mol. The van der Waals surface area contributed by atoms with E-state index in [1.807, 2.05) is 12.1 Å². The van der Waals surface area contributed by atoms with Crippen molar-refractivity contribution in [3.05, 3.63) is 65.7 Å². The van der Waals surface area contributed by atoms with Crippen LogP contribution < -0.4 is 10.0 Å². The fraction of sp³-hybridized carbons (Fsp3) is 0.435. The molecule has 0 aliphatic carbocycles. The third-order valence-electron chi connectivity index (χ3n) is 5.79. The van der Waals surface area contributed by atoms with E-state index in [4.69, 9.17) is 0 Å². The van der Waals surface area contributed by atoms with Crippen molar-refractivity contribution >= 4 is 40.0 Å². The van der Waals surface area contributed by atoms with Crippen molar-refractivity contribution in [2.75, 3.05) is 40.3 Å². The molecule has 1 heterocycles. The van der Waals surface area contributed by atoms with E-state index in [0.717, 1.165) is 44.1 Å². The van der Waals surface area contributed by atoms with Crippen molar-refractivity contribution in [3.63, 3.8) is 0 Å². The maximum Gasteiger partial charge on any atom is 0.240 e. The molecule has 0 radical (unpaired) electrons. The van der Waals surface area contributed by atoms with Crippen LogP contribution in [0.15, 0.2) is 64.5 Å². The zero-order chi connectivity index (χ0) is 22.3. The first-order chi connectivity index (χ1) is 15.0. The van der Waals surface area contributed by atoms with E-state index in [0.29, 0.717) is 12.6 Å². The SMILES string of the molecule is CCC(c1ccccc1)N1CCN(C(=NC)NCc2ccc(S(=O)(=O)NC)cc2)CC1.I. The zero-order valence-electron chi connectivity index (χ0n) is 19.0. The average Bonchev–Trinajstić information content (AvgIpc) is 2.82. The fourth-order valence-electron chi connectivity index (χ4n) is 4.04. The predicted octanol–water partition coefficient (Wildman–Crippen LogP) is 3.06. The van der Waals surface area contributed by atoms with Crippen LogP contribution in [0.5, 0.6) is 0 Å². The Morgan fingerprint density at radius 2 is 1.66 bits per heavy atom. The van der Waals surface area contributed by atoms with Crippen molar-refractivity contribution in [1.82, 2.24) is 19.8 Å². The molecule has 0 aromatic heterocycles. The molecule has 2 aromatic carbocycles. The Kier molecular flexibility index (Phi) is 10.4. The Hall–Kier alpha value is -1.69. The van der Waals surface area contributed by atoms with Gasteiger partial charge in [-0.3, -0.25) is 9.89 Å². The molecule has 3 rings (SSSR count). The van der Waals surface area contributed by atoms with E-state index < -0.39 is 10.0 Å². The van der Waals surface area contributed by atoms with Crippen molar-refractivity contribution in [2.45, 2.75) is 30.8 Å². The van der Waals surface area contributed by atoms with Gasteiger partial charge in [-0.2, -0.15) is 0 Å². The van der Waals surface area contributed by atoms with Gasteiger partial charge in [-0.15, -0.1) is 24.0 Å². The van der Waals surface area contributed by atoms with Crippen LogP contribution in [0, 0.1) is 0 Å². The molecule has 1 fully saturated rings. The van der Waals surface area contributed by atoms with E-state index in [1.165, 1.54) is 12.6 Å². The van der Waals surface area contributed by atoms with Gasteiger partial charge in [-0.25, -0.2) is 13.1 Å². The molecule has 1 aliphatic heterocycles. The summed E-state index contributed by atoms with van der Waals surface area (Å²) in [6, 6.07) is 18.1. The van der Waals surface area contributed by atoms with Crippen LogP contribution >= 0.6 is 24.0 Å². The molecule has 2 aromatic rings. The predicted molar refractivity (Wildman–Crippen MR) is 141 cm³/mol. The summed E-state index contributed by atoms with van der Waals surface area (Å²) in [4.78, 5) is 9.56. The molecule has 1 aliphatic rings. The monoisotopic (exact) mass is 571 g/mol. The molecule has 1 unspecified atom stereocenters. The number of hydrogen-bond acceptors (Lipinski definition) is 4. The van der Waals surface area contributed by atoms with Crippen LogP contribution in [0.1, 0.15) is 30.5 Å². The van der Waals surface area contributed by atoms with Crippen LogP contribution in [0.4, 0.5) is 0 Å². The summed E-state index contributed by atoms with van der Waals surface area (Å²) in [7, 11) is -0.194. The maximum atomic E-state index is 11.9. The van der Waals surface area contributed by atoms with Crippen molar-refractivity contribution in [1.29, 1.82) is 0 Å². The number of sulfonamides is 1. The van der Waals surface area contributed by atoms with Gasteiger partial charge in [0, 0.05) is 45.8 Å². The lowest BCUT2D eigenvalue weighted by atomic mass is 10.0. The molecule has 7 nitrogen and oxygen atoms in total. The van der Waals surface area contributed by atoms with E-state index >= 15 is 0 Å². The largest absolute Gasteiger partial charge is 0.352 e. The molecule has 0 amide bonds. The van der Waals surface area contributed by atoms with Gasteiger partial charge >= 0.3 is 0 Å². The second-order valence-corrected chi connectivity index (χ2v) is 9.50. The third kappa shape index (κ3) is 6.66. The molecule has 1 atom stereocenters. The number of hydrogen-bond donors (Lipinski definition) is 2. The second kappa shape index (κ2) is 12.5. The third-order valence-corrected chi connectivity index (χ3v) is 7.22. The van der Waals surface area contributed by atoms with Crippen LogP contribution in [0.2, 0.25) is 0 Å². The number of aliphatic imine (C=N–C) groups is 1. The van der Waals surface area contributed by atoms with Gasteiger partial charge in [0.15, 0.2) is 5.96 Å². The topological polar surface area (TPSA) is 77.0 Å². The summed E-state index contributed by atoms with van der Waals surface area (Å²) in [5.74, 6) is 0.874. The molecule has 0 saturated carbocycles. The molecule has 176 valence electrons. The number of halogens is 1. The summed E-state index contributed by atoms with van der Waals surface area (Å²) in [5.41, 5.74) is 2.38. The molecule has 32 heavy (non-hydrogen) atoms. The highest BCUT2D eigenvalue weighted by molar-refractivity contribution is 14.0. The van der Waals surface area contributed by atoms with Crippen LogP contribution in [-0.4, -0.2) is 64.5 Å². The van der Waals surface area contributed by atoms with Gasteiger partial charge in [0.1, 0.15) is 0 Å². The molecule has 1 saturated heterocycles. The Balaban J connectivity index is 0.00000363. The van der Waals surface area contributed by atoms with Crippen molar-refractivity contribution in [2.24, 2.45) is 4.99 Å². The number of piperazine rings is 1. The van der Waals surface area contributed by atoms with Gasteiger partial charge < -0.3 is 10.2 Å².